The molecular formula is C10H13NO4. The van der Waals surface area contributed by atoms with E-state index < -0.39 is 22.3 Å². The van der Waals surface area contributed by atoms with Crippen molar-refractivity contribution in [1.82, 2.24) is 0 Å². The minimum absolute atomic E-state index is 0.515. The summed E-state index contributed by atoms with van der Waals surface area (Å²) in [7, 11) is 0. The van der Waals surface area contributed by atoms with Crippen molar-refractivity contribution in [3.05, 3.63) is 33.4 Å². The Hall–Kier alpha value is -1.65. The minimum Gasteiger partial charge on any atom is -0.481 e. The molecule has 0 aliphatic heterocycles. The predicted octanol–water partition coefficient (Wildman–Crippen LogP) is 1.63. The first-order chi connectivity index (χ1) is 6.79. The summed E-state index contributed by atoms with van der Waals surface area (Å²) in [5.74, 6) is -2.25. The Morgan fingerprint density at radius 3 is 2.53 bits per heavy atom. The minimum atomic E-state index is -1.55. The van der Waals surface area contributed by atoms with Crippen molar-refractivity contribution in [2.45, 2.75) is 26.3 Å². The Bertz CT molecular complexity index is 383. The van der Waals surface area contributed by atoms with E-state index in [1.807, 2.05) is 0 Å². The molecule has 0 amide bonds. The summed E-state index contributed by atoms with van der Waals surface area (Å²) in [6.07, 6.45) is 3.07. The Balaban J connectivity index is 3.31. The molecule has 1 aliphatic rings. The average molecular weight is 211 g/mol. The van der Waals surface area contributed by atoms with Gasteiger partial charge in [0.15, 0.2) is 5.92 Å². The first kappa shape index (κ1) is 11.4. The van der Waals surface area contributed by atoms with Crippen LogP contribution in [-0.2, 0) is 4.79 Å². The van der Waals surface area contributed by atoms with E-state index >= 15 is 0 Å². The highest BCUT2D eigenvalue weighted by atomic mass is 16.6. The molecule has 1 aliphatic carbocycles. The number of carboxylic acids is 1. The third-order valence-electron chi connectivity index (χ3n) is 2.66. The summed E-state index contributed by atoms with van der Waals surface area (Å²) in [6.45, 7) is 4.67. The van der Waals surface area contributed by atoms with Gasteiger partial charge in [0.25, 0.3) is 5.54 Å². The van der Waals surface area contributed by atoms with E-state index in [-0.39, 0.29) is 0 Å². The zero-order valence-corrected chi connectivity index (χ0v) is 8.85. The predicted molar refractivity (Wildman–Crippen MR) is 54.0 cm³/mol. The van der Waals surface area contributed by atoms with Crippen LogP contribution in [0.4, 0.5) is 0 Å². The zero-order valence-electron chi connectivity index (χ0n) is 8.85. The maximum Gasteiger partial charge on any atom is 0.318 e. The van der Waals surface area contributed by atoms with Crippen molar-refractivity contribution in [3.63, 3.8) is 0 Å². The van der Waals surface area contributed by atoms with Crippen molar-refractivity contribution in [3.8, 4) is 0 Å². The van der Waals surface area contributed by atoms with Crippen LogP contribution >= 0.6 is 0 Å². The number of aliphatic carboxylic acids is 1. The Kier molecular flexibility index (Phi) is 2.66. The van der Waals surface area contributed by atoms with E-state index in [1.54, 1.807) is 19.9 Å². The van der Waals surface area contributed by atoms with Crippen LogP contribution in [-0.4, -0.2) is 21.5 Å². The lowest BCUT2D eigenvalue weighted by Crippen LogP contribution is -2.47. The summed E-state index contributed by atoms with van der Waals surface area (Å²) in [5, 5.41) is 20.0. The SMILES string of the molecule is CC1=CC(C)([N+](=O)[O-])C(C(=O)O)C(C)=C1. The number of hydrogen-bond donors (Lipinski definition) is 1. The molecule has 15 heavy (non-hydrogen) atoms. The fourth-order valence-electron chi connectivity index (χ4n) is 2.09. The van der Waals surface area contributed by atoms with Crippen LogP contribution in [0.3, 0.4) is 0 Å². The van der Waals surface area contributed by atoms with Crippen LogP contribution < -0.4 is 0 Å². The van der Waals surface area contributed by atoms with Gasteiger partial charge in [-0.25, -0.2) is 0 Å². The highest BCUT2D eigenvalue weighted by Gasteiger charge is 2.50. The van der Waals surface area contributed by atoms with E-state index in [4.69, 9.17) is 5.11 Å². The number of carboxylic acid groups (broad SMARTS) is 1. The first-order valence-electron chi connectivity index (χ1n) is 4.54. The van der Waals surface area contributed by atoms with Crippen LogP contribution in [0.25, 0.3) is 0 Å². The van der Waals surface area contributed by atoms with Gasteiger partial charge in [0, 0.05) is 11.8 Å². The lowest BCUT2D eigenvalue weighted by Gasteiger charge is -2.28. The molecule has 0 fully saturated rings. The molecule has 82 valence electrons. The van der Waals surface area contributed by atoms with Crippen LogP contribution in [0.1, 0.15) is 20.8 Å². The third-order valence-corrected chi connectivity index (χ3v) is 2.66. The van der Waals surface area contributed by atoms with Gasteiger partial charge in [-0.15, -0.1) is 0 Å². The fraction of sp³-hybridized carbons (Fsp3) is 0.500. The Morgan fingerprint density at radius 1 is 1.60 bits per heavy atom. The largest absolute Gasteiger partial charge is 0.481 e. The number of nitro groups is 1. The number of hydrogen-bond acceptors (Lipinski definition) is 3. The maximum atomic E-state index is 11.0. The van der Waals surface area contributed by atoms with Gasteiger partial charge in [-0.3, -0.25) is 14.9 Å². The summed E-state index contributed by atoms with van der Waals surface area (Å²) < 4.78 is 0. The van der Waals surface area contributed by atoms with E-state index in [9.17, 15) is 14.9 Å². The molecule has 0 aromatic heterocycles. The second kappa shape index (κ2) is 3.49. The molecule has 0 aromatic rings. The van der Waals surface area contributed by atoms with Gasteiger partial charge in [-0.05, 0) is 25.5 Å². The van der Waals surface area contributed by atoms with Crippen LogP contribution in [0, 0.1) is 16.0 Å². The van der Waals surface area contributed by atoms with Gasteiger partial charge in [-0.1, -0.05) is 11.6 Å². The summed E-state index contributed by atoms with van der Waals surface area (Å²) in [4.78, 5) is 21.4. The van der Waals surface area contributed by atoms with Crippen molar-refractivity contribution in [2.75, 3.05) is 0 Å². The van der Waals surface area contributed by atoms with Gasteiger partial charge in [0.1, 0.15) is 0 Å². The van der Waals surface area contributed by atoms with Crippen LogP contribution in [0.2, 0.25) is 0 Å². The Morgan fingerprint density at radius 2 is 2.13 bits per heavy atom. The molecular weight excluding hydrogens is 198 g/mol. The lowest BCUT2D eigenvalue weighted by molar-refractivity contribution is -0.556. The molecule has 0 heterocycles. The summed E-state index contributed by atoms with van der Waals surface area (Å²) in [6, 6.07) is 0. The van der Waals surface area contributed by atoms with Gasteiger partial charge in [0.2, 0.25) is 0 Å². The molecule has 0 saturated carbocycles. The molecule has 0 radical (unpaired) electrons. The highest BCUT2D eigenvalue weighted by molar-refractivity contribution is 5.76. The molecule has 0 saturated heterocycles. The smallest absolute Gasteiger partial charge is 0.318 e. The van der Waals surface area contributed by atoms with Crippen molar-refractivity contribution >= 4 is 5.97 Å². The second-order valence-electron chi connectivity index (χ2n) is 4.03. The van der Waals surface area contributed by atoms with Crippen molar-refractivity contribution < 1.29 is 14.8 Å². The average Bonchev–Trinajstić information content (AvgIpc) is 2.00. The van der Waals surface area contributed by atoms with Crippen molar-refractivity contribution in [2.24, 2.45) is 5.92 Å². The Labute approximate surface area is 87.2 Å². The van der Waals surface area contributed by atoms with E-state index in [1.165, 1.54) is 13.0 Å². The zero-order chi connectivity index (χ0) is 11.8. The molecule has 5 nitrogen and oxygen atoms in total. The first-order valence-corrected chi connectivity index (χ1v) is 4.54. The van der Waals surface area contributed by atoms with Crippen LogP contribution in [0.5, 0.6) is 0 Å². The van der Waals surface area contributed by atoms with Gasteiger partial charge in [0.05, 0.1) is 0 Å². The molecule has 0 spiro atoms. The standard InChI is InChI=1S/C10H13NO4/c1-6-4-7(2)8(9(12)13)10(3,5-6)11(14)15/h4-5,8H,1-3H3,(H,12,13). The molecule has 0 bridgehead atoms. The number of carbonyl (C=O) groups is 1. The normalized spacial score (nSPS) is 30.5. The van der Waals surface area contributed by atoms with Crippen molar-refractivity contribution in [1.29, 1.82) is 0 Å². The highest BCUT2D eigenvalue weighted by Crippen LogP contribution is 2.34. The molecule has 2 unspecified atom stereocenters. The monoisotopic (exact) mass is 211 g/mol. The fourth-order valence-corrected chi connectivity index (χ4v) is 2.09. The third kappa shape index (κ3) is 1.77. The topological polar surface area (TPSA) is 80.4 Å². The maximum absolute atomic E-state index is 11.0. The summed E-state index contributed by atoms with van der Waals surface area (Å²) >= 11 is 0. The summed E-state index contributed by atoms with van der Waals surface area (Å²) in [5.41, 5.74) is -0.305. The van der Waals surface area contributed by atoms with Gasteiger partial charge < -0.3 is 5.11 Å². The molecule has 2 atom stereocenters. The van der Waals surface area contributed by atoms with E-state index in [0.717, 1.165) is 5.57 Å². The van der Waals surface area contributed by atoms with E-state index in [0.29, 0.717) is 5.57 Å². The number of nitrogens with zero attached hydrogens (tertiary/aromatic N) is 1. The van der Waals surface area contributed by atoms with E-state index in [2.05, 4.69) is 0 Å². The lowest BCUT2D eigenvalue weighted by atomic mass is 9.76. The van der Waals surface area contributed by atoms with Gasteiger partial charge in [-0.2, -0.15) is 0 Å². The van der Waals surface area contributed by atoms with Gasteiger partial charge >= 0.3 is 5.97 Å². The second-order valence-corrected chi connectivity index (χ2v) is 4.03. The molecule has 5 heteroatoms. The number of rotatable bonds is 2. The number of allylic oxidation sites excluding steroid dienone is 2. The molecule has 1 N–H and O–H groups in total. The molecule has 1 rings (SSSR count). The quantitative estimate of drug-likeness (QED) is 0.556. The molecule has 0 aromatic carbocycles. The van der Waals surface area contributed by atoms with Crippen LogP contribution in [0.15, 0.2) is 23.3 Å².